The first-order valence-corrected chi connectivity index (χ1v) is 6.07. The maximum atomic E-state index is 13.5. The van der Waals surface area contributed by atoms with Crippen LogP contribution in [0.15, 0.2) is 24.4 Å². The van der Waals surface area contributed by atoms with Gasteiger partial charge >= 0.3 is 6.01 Å². The molecule has 110 valence electrons. The average molecular weight is 291 g/mol. The Kier molecular flexibility index (Phi) is 4.32. The van der Waals surface area contributed by atoms with E-state index in [-0.39, 0.29) is 23.1 Å². The van der Waals surface area contributed by atoms with Gasteiger partial charge in [0.2, 0.25) is 5.88 Å². The number of carbonyl (C=O) groups is 1. The van der Waals surface area contributed by atoms with Crippen molar-refractivity contribution in [2.24, 2.45) is 0 Å². The standard InChI is InChI=1S/C14H14FN3O3/c1-8-4-5-9(6-10(8)15)12(19)17-11-7-16-14(21-3)18-13(11)20-2/h4-7H,1-3H3,(H,17,19). The van der Waals surface area contributed by atoms with Crippen molar-refractivity contribution in [1.29, 1.82) is 0 Å². The first-order chi connectivity index (χ1) is 10.0. The van der Waals surface area contributed by atoms with E-state index < -0.39 is 11.7 Å². The van der Waals surface area contributed by atoms with Gasteiger partial charge in [0, 0.05) is 5.56 Å². The van der Waals surface area contributed by atoms with E-state index in [9.17, 15) is 9.18 Å². The van der Waals surface area contributed by atoms with Crippen molar-refractivity contribution in [1.82, 2.24) is 9.97 Å². The Morgan fingerprint density at radius 2 is 2.05 bits per heavy atom. The molecule has 6 nitrogen and oxygen atoms in total. The molecule has 21 heavy (non-hydrogen) atoms. The van der Waals surface area contributed by atoms with E-state index in [2.05, 4.69) is 15.3 Å². The monoisotopic (exact) mass is 291 g/mol. The summed E-state index contributed by atoms with van der Waals surface area (Å²) in [6.45, 7) is 1.62. The number of benzene rings is 1. The molecule has 1 amide bonds. The van der Waals surface area contributed by atoms with Crippen molar-refractivity contribution in [3.8, 4) is 11.9 Å². The maximum absolute atomic E-state index is 13.5. The van der Waals surface area contributed by atoms with Crippen LogP contribution in [0.2, 0.25) is 0 Å². The summed E-state index contributed by atoms with van der Waals surface area (Å²) >= 11 is 0. The van der Waals surface area contributed by atoms with Crippen LogP contribution < -0.4 is 14.8 Å². The molecule has 0 atom stereocenters. The third kappa shape index (κ3) is 3.25. The van der Waals surface area contributed by atoms with Gasteiger partial charge in [0.1, 0.15) is 11.5 Å². The lowest BCUT2D eigenvalue weighted by Gasteiger charge is -2.10. The average Bonchev–Trinajstić information content (AvgIpc) is 2.50. The molecule has 0 radical (unpaired) electrons. The van der Waals surface area contributed by atoms with Gasteiger partial charge in [0.05, 0.1) is 20.4 Å². The number of nitrogens with zero attached hydrogens (tertiary/aromatic N) is 2. The van der Waals surface area contributed by atoms with Gasteiger partial charge in [-0.15, -0.1) is 0 Å². The van der Waals surface area contributed by atoms with Gasteiger partial charge in [-0.2, -0.15) is 4.98 Å². The number of hydrogen-bond acceptors (Lipinski definition) is 5. The molecule has 0 aliphatic carbocycles. The summed E-state index contributed by atoms with van der Waals surface area (Å²) in [6, 6.07) is 4.35. The molecule has 1 aromatic heterocycles. The van der Waals surface area contributed by atoms with E-state index in [1.54, 1.807) is 6.92 Å². The van der Waals surface area contributed by atoms with Crippen LogP contribution in [0.1, 0.15) is 15.9 Å². The summed E-state index contributed by atoms with van der Waals surface area (Å²) in [7, 11) is 2.82. The number of halogens is 1. The highest BCUT2D eigenvalue weighted by molar-refractivity contribution is 6.04. The fourth-order valence-corrected chi connectivity index (χ4v) is 1.62. The third-order valence-electron chi connectivity index (χ3n) is 2.79. The van der Waals surface area contributed by atoms with Crippen LogP contribution in [-0.4, -0.2) is 30.1 Å². The highest BCUT2D eigenvalue weighted by Crippen LogP contribution is 2.23. The van der Waals surface area contributed by atoms with E-state index in [1.807, 2.05) is 0 Å². The summed E-state index contributed by atoms with van der Waals surface area (Å²) in [5.41, 5.74) is 0.928. The fraction of sp³-hybridized carbons (Fsp3) is 0.214. The van der Waals surface area contributed by atoms with Crippen molar-refractivity contribution in [3.05, 3.63) is 41.3 Å². The summed E-state index contributed by atoms with van der Waals surface area (Å²) in [4.78, 5) is 19.9. The summed E-state index contributed by atoms with van der Waals surface area (Å²) in [6.07, 6.45) is 1.35. The SMILES string of the molecule is COc1ncc(NC(=O)c2ccc(C)c(F)c2)c(OC)n1. The maximum Gasteiger partial charge on any atom is 0.319 e. The van der Waals surface area contributed by atoms with Crippen LogP contribution in [0.25, 0.3) is 0 Å². The molecule has 1 N–H and O–H groups in total. The Morgan fingerprint density at radius 3 is 2.67 bits per heavy atom. The lowest BCUT2D eigenvalue weighted by atomic mass is 10.1. The Morgan fingerprint density at radius 1 is 1.29 bits per heavy atom. The van der Waals surface area contributed by atoms with E-state index in [4.69, 9.17) is 9.47 Å². The number of anilines is 1. The molecule has 0 bridgehead atoms. The van der Waals surface area contributed by atoms with Crippen molar-refractivity contribution in [2.75, 3.05) is 19.5 Å². The van der Waals surface area contributed by atoms with Crippen molar-refractivity contribution in [2.45, 2.75) is 6.92 Å². The highest BCUT2D eigenvalue weighted by Gasteiger charge is 2.13. The fourth-order valence-electron chi connectivity index (χ4n) is 1.62. The molecule has 1 aromatic carbocycles. The molecular weight excluding hydrogens is 277 g/mol. The number of amides is 1. The molecule has 0 saturated heterocycles. The molecule has 0 saturated carbocycles. The minimum Gasteiger partial charge on any atom is -0.479 e. The van der Waals surface area contributed by atoms with Crippen molar-refractivity contribution >= 4 is 11.6 Å². The molecule has 0 unspecified atom stereocenters. The topological polar surface area (TPSA) is 73.3 Å². The zero-order valence-corrected chi connectivity index (χ0v) is 11.8. The van der Waals surface area contributed by atoms with E-state index in [1.165, 1.54) is 38.6 Å². The first-order valence-electron chi connectivity index (χ1n) is 6.07. The van der Waals surface area contributed by atoms with Gasteiger partial charge in [-0.05, 0) is 24.6 Å². The van der Waals surface area contributed by atoms with Crippen LogP contribution in [-0.2, 0) is 0 Å². The van der Waals surface area contributed by atoms with Crippen LogP contribution in [0.3, 0.4) is 0 Å². The van der Waals surface area contributed by atoms with Gasteiger partial charge in [0.15, 0.2) is 0 Å². The zero-order valence-electron chi connectivity index (χ0n) is 11.8. The molecule has 2 rings (SSSR count). The Hall–Kier alpha value is -2.70. The van der Waals surface area contributed by atoms with Gasteiger partial charge in [-0.25, -0.2) is 9.37 Å². The lowest BCUT2D eigenvalue weighted by Crippen LogP contribution is -2.14. The highest BCUT2D eigenvalue weighted by atomic mass is 19.1. The quantitative estimate of drug-likeness (QED) is 0.934. The predicted molar refractivity (Wildman–Crippen MR) is 74.2 cm³/mol. The normalized spacial score (nSPS) is 10.1. The van der Waals surface area contributed by atoms with Crippen LogP contribution >= 0.6 is 0 Å². The Balaban J connectivity index is 2.24. The molecule has 1 heterocycles. The van der Waals surface area contributed by atoms with Crippen LogP contribution in [0, 0.1) is 12.7 Å². The Bertz CT molecular complexity index is 677. The molecule has 0 aliphatic rings. The molecular formula is C14H14FN3O3. The summed E-state index contributed by atoms with van der Waals surface area (Å²) in [5, 5.41) is 2.56. The summed E-state index contributed by atoms with van der Waals surface area (Å²) < 4.78 is 23.4. The number of aryl methyl sites for hydroxylation is 1. The number of rotatable bonds is 4. The number of hydrogen-bond donors (Lipinski definition) is 1. The van der Waals surface area contributed by atoms with Crippen LogP contribution in [0.5, 0.6) is 11.9 Å². The number of methoxy groups -OCH3 is 2. The van der Waals surface area contributed by atoms with E-state index in [0.717, 1.165) is 0 Å². The smallest absolute Gasteiger partial charge is 0.319 e. The summed E-state index contributed by atoms with van der Waals surface area (Å²) in [5.74, 6) is -0.774. The first kappa shape index (κ1) is 14.7. The van der Waals surface area contributed by atoms with E-state index in [0.29, 0.717) is 5.56 Å². The molecule has 2 aromatic rings. The van der Waals surface area contributed by atoms with Gasteiger partial charge in [-0.1, -0.05) is 6.07 Å². The van der Waals surface area contributed by atoms with Gasteiger partial charge in [-0.3, -0.25) is 4.79 Å². The van der Waals surface area contributed by atoms with Crippen molar-refractivity contribution in [3.63, 3.8) is 0 Å². The minimum absolute atomic E-state index is 0.117. The minimum atomic E-state index is -0.485. The lowest BCUT2D eigenvalue weighted by molar-refractivity contribution is 0.102. The van der Waals surface area contributed by atoms with Gasteiger partial charge < -0.3 is 14.8 Å². The second-order valence-electron chi connectivity index (χ2n) is 4.20. The molecule has 7 heteroatoms. The zero-order chi connectivity index (χ0) is 15.4. The second kappa shape index (κ2) is 6.17. The number of nitrogens with one attached hydrogen (secondary N) is 1. The third-order valence-corrected chi connectivity index (χ3v) is 2.79. The molecule has 0 fully saturated rings. The second-order valence-corrected chi connectivity index (χ2v) is 4.20. The number of ether oxygens (including phenoxy) is 2. The number of aromatic nitrogens is 2. The van der Waals surface area contributed by atoms with Crippen molar-refractivity contribution < 1.29 is 18.7 Å². The predicted octanol–water partition coefficient (Wildman–Crippen LogP) is 2.19. The Labute approximate surface area is 120 Å². The largest absolute Gasteiger partial charge is 0.479 e. The van der Waals surface area contributed by atoms with E-state index >= 15 is 0 Å². The molecule has 0 spiro atoms. The van der Waals surface area contributed by atoms with Crippen LogP contribution in [0.4, 0.5) is 10.1 Å². The van der Waals surface area contributed by atoms with Gasteiger partial charge in [0.25, 0.3) is 5.91 Å². The number of carbonyl (C=O) groups excluding carboxylic acids is 1. The molecule has 0 aliphatic heterocycles.